The molecule has 1 unspecified atom stereocenters. The second kappa shape index (κ2) is 15.0. The minimum Gasteiger partial charge on any atom is -0.370 e. The van der Waals surface area contributed by atoms with Crippen molar-refractivity contribution in [3.8, 4) is 0 Å². The lowest BCUT2D eigenvalue weighted by atomic mass is 10.1. The summed E-state index contributed by atoms with van der Waals surface area (Å²) in [6.45, 7) is 6.64. The highest BCUT2D eigenvalue weighted by Crippen LogP contribution is 2.11. The van der Waals surface area contributed by atoms with E-state index in [1.165, 1.54) is 64.2 Å². The maximum absolute atomic E-state index is 11.2. The molecule has 0 N–H and O–H groups in total. The van der Waals surface area contributed by atoms with Gasteiger partial charge < -0.3 is 4.74 Å². The molecule has 0 heterocycles. The standard InChI is InChI=1S/C18H36O2/c1-4-6-7-8-9-10-11-12-13-14-15-16-20-18(5-2)17(3)19/h18H,4-16H2,1-3H3. The van der Waals surface area contributed by atoms with E-state index >= 15 is 0 Å². The van der Waals surface area contributed by atoms with Crippen LogP contribution in [0.25, 0.3) is 0 Å². The van der Waals surface area contributed by atoms with E-state index in [-0.39, 0.29) is 11.9 Å². The van der Waals surface area contributed by atoms with Gasteiger partial charge >= 0.3 is 0 Å². The Kier molecular flexibility index (Phi) is 14.7. The van der Waals surface area contributed by atoms with Crippen molar-refractivity contribution < 1.29 is 9.53 Å². The summed E-state index contributed by atoms with van der Waals surface area (Å²) in [4.78, 5) is 11.2. The van der Waals surface area contributed by atoms with Crippen LogP contribution >= 0.6 is 0 Å². The van der Waals surface area contributed by atoms with Crippen LogP contribution in [-0.4, -0.2) is 18.5 Å². The number of Topliss-reactive ketones (excluding diaryl/α,β-unsaturated/α-hetero) is 1. The van der Waals surface area contributed by atoms with Gasteiger partial charge in [-0.05, 0) is 19.8 Å². The van der Waals surface area contributed by atoms with Crippen molar-refractivity contribution in [1.29, 1.82) is 0 Å². The van der Waals surface area contributed by atoms with Gasteiger partial charge in [-0.1, -0.05) is 78.1 Å². The van der Waals surface area contributed by atoms with E-state index in [0.717, 1.165) is 19.4 Å². The van der Waals surface area contributed by atoms with Crippen molar-refractivity contribution in [1.82, 2.24) is 0 Å². The fraction of sp³-hybridized carbons (Fsp3) is 0.944. The molecule has 2 nitrogen and oxygen atoms in total. The van der Waals surface area contributed by atoms with E-state index in [0.29, 0.717) is 0 Å². The van der Waals surface area contributed by atoms with Gasteiger partial charge in [-0.2, -0.15) is 0 Å². The van der Waals surface area contributed by atoms with E-state index in [1.807, 2.05) is 6.92 Å². The molecule has 0 fully saturated rings. The number of hydrogen-bond acceptors (Lipinski definition) is 2. The zero-order chi connectivity index (χ0) is 15.1. The first-order valence-corrected chi connectivity index (χ1v) is 8.84. The molecule has 2 heteroatoms. The number of hydrogen-bond donors (Lipinski definition) is 0. The maximum Gasteiger partial charge on any atom is 0.158 e. The van der Waals surface area contributed by atoms with Crippen LogP contribution in [0, 0.1) is 0 Å². The van der Waals surface area contributed by atoms with E-state index in [1.54, 1.807) is 6.92 Å². The Balaban J connectivity index is 3.15. The normalized spacial score (nSPS) is 12.6. The molecule has 0 spiro atoms. The van der Waals surface area contributed by atoms with Crippen LogP contribution in [0.2, 0.25) is 0 Å². The molecule has 0 saturated carbocycles. The van der Waals surface area contributed by atoms with Crippen molar-refractivity contribution in [2.45, 2.75) is 104 Å². The molecule has 0 aliphatic heterocycles. The Hall–Kier alpha value is -0.370. The molecule has 1 atom stereocenters. The van der Waals surface area contributed by atoms with Crippen molar-refractivity contribution in [3.63, 3.8) is 0 Å². The minimum absolute atomic E-state index is 0.163. The number of ketones is 1. The number of ether oxygens (including phenoxy) is 1. The maximum atomic E-state index is 11.2. The smallest absolute Gasteiger partial charge is 0.158 e. The minimum atomic E-state index is -0.168. The van der Waals surface area contributed by atoms with Crippen LogP contribution in [0.4, 0.5) is 0 Å². The third kappa shape index (κ3) is 12.7. The summed E-state index contributed by atoms with van der Waals surface area (Å²) in [7, 11) is 0. The third-order valence-corrected chi connectivity index (χ3v) is 3.89. The highest BCUT2D eigenvalue weighted by atomic mass is 16.5. The van der Waals surface area contributed by atoms with Gasteiger partial charge in [0.1, 0.15) is 6.10 Å². The predicted molar refractivity (Wildman–Crippen MR) is 87.2 cm³/mol. The monoisotopic (exact) mass is 284 g/mol. The van der Waals surface area contributed by atoms with Crippen LogP contribution in [0.15, 0.2) is 0 Å². The van der Waals surface area contributed by atoms with Gasteiger partial charge in [0.25, 0.3) is 0 Å². The first-order valence-electron chi connectivity index (χ1n) is 8.84. The summed E-state index contributed by atoms with van der Waals surface area (Å²) < 4.78 is 5.59. The van der Waals surface area contributed by atoms with Gasteiger partial charge in [-0.15, -0.1) is 0 Å². The Bertz CT molecular complexity index is 213. The van der Waals surface area contributed by atoms with Crippen LogP contribution < -0.4 is 0 Å². The Morgan fingerprint density at radius 1 is 0.800 bits per heavy atom. The summed E-state index contributed by atoms with van der Waals surface area (Å²) in [5, 5.41) is 0. The molecular weight excluding hydrogens is 248 g/mol. The number of carbonyl (C=O) groups excluding carboxylic acids is 1. The zero-order valence-electron chi connectivity index (χ0n) is 14.1. The fourth-order valence-corrected chi connectivity index (χ4v) is 2.51. The molecule has 0 aliphatic rings. The SMILES string of the molecule is CCCCCCCCCCCCCOC(CC)C(C)=O. The summed E-state index contributed by atoms with van der Waals surface area (Å²) in [5.74, 6) is 0.163. The molecule has 0 radical (unpaired) electrons. The number of rotatable bonds is 15. The summed E-state index contributed by atoms with van der Waals surface area (Å²) in [5.41, 5.74) is 0. The molecule has 0 amide bonds. The van der Waals surface area contributed by atoms with Crippen molar-refractivity contribution in [3.05, 3.63) is 0 Å². The largest absolute Gasteiger partial charge is 0.370 e. The predicted octanol–water partition coefficient (Wildman–Crippen LogP) is 5.68. The molecule has 0 bridgehead atoms. The molecule has 120 valence electrons. The zero-order valence-corrected chi connectivity index (χ0v) is 14.1. The lowest BCUT2D eigenvalue weighted by Crippen LogP contribution is -2.21. The van der Waals surface area contributed by atoms with Gasteiger partial charge in [0.05, 0.1) is 0 Å². The first-order chi connectivity index (χ1) is 9.72. The molecule has 0 saturated heterocycles. The molecule has 0 rings (SSSR count). The molecular formula is C18H36O2. The number of unbranched alkanes of at least 4 members (excludes halogenated alkanes) is 10. The van der Waals surface area contributed by atoms with Crippen molar-refractivity contribution >= 4 is 5.78 Å². The number of carbonyl (C=O) groups is 1. The van der Waals surface area contributed by atoms with E-state index in [4.69, 9.17) is 4.74 Å². The Morgan fingerprint density at radius 2 is 1.25 bits per heavy atom. The van der Waals surface area contributed by atoms with Crippen LogP contribution in [0.3, 0.4) is 0 Å². The van der Waals surface area contributed by atoms with Gasteiger partial charge in [-0.25, -0.2) is 0 Å². The third-order valence-electron chi connectivity index (χ3n) is 3.89. The molecule has 0 aliphatic carbocycles. The second-order valence-corrected chi connectivity index (χ2v) is 5.91. The highest BCUT2D eigenvalue weighted by molar-refractivity contribution is 5.80. The quantitative estimate of drug-likeness (QED) is 0.361. The molecule has 0 aromatic rings. The molecule has 0 aromatic carbocycles. The fourth-order valence-electron chi connectivity index (χ4n) is 2.51. The summed E-state index contributed by atoms with van der Waals surface area (Å²) in [6, 6.07) is 0. The van der Waals surface area contributed by atoms with Gasteiger partial charge in [-0.3, -0.25) is 4.79 Å². The van der Waals surface area contributed by atoms with Crippen molar-refractivity contribution in [2.24, 2.45) is 0 Å². The topological polar surface area (TPSA) is 26.3 Å². The first kappa shape index (κ1) is 19.6. The highest BCUT2D eigenvalue weighted by Gasteiger charge is 2.10. The van der Waals surface area contributed by atoms with Gasteiger partial charge in [0.15, 0.2) is 5.78 Å². The van der Waals surface area contributed by atoms with E-state index < -0.39 is 0 Å². The van der Waals surface area contributed by atoms with Crippen LogP contribution in [-0.2, 0) is 9.53 Å². The Morgan fingerprint density at radius 3 is 1.65 bits per heavy atom. The van der Waals surface area contributed by atoms with Gasteiger partial charge in [0, 0.05) is 6.61 Å². The molecule has 0 aromatic heterocycles. The molecule has 20 heavy (non-hydrogen) atoms. The van der Waals surface area contributed by atoms with E-state index in [9.17, 15) is 4.79 Å². The lowest BCUT2D eigenvalue weighted by molar-refractivity contribution is -0.128. The van der Waals surface area contributed by atoms with E-state index in [2.05, 4.69) is 6.92 Å². The average molecular weight is 284 g/mol. The average Bonchev–Trinajstić information content (AvgIpc) is 2.43. The Labute approximate surface area is 126 Å². The lowest BCUT2D eigenvalue weighted by Gasteiger charge is -2.12. The summed E-state index contributed by atoms with van der Waals surface area (Å²) >= 11 is 0. The van der Waals surface area contributed by atoms with Gasteiger partial charge in [0.2, 0.25) is 0 Å². The van der Waals surface area contributed by atoms with Crippen LogP contribution in [0.1, 0.15) is 97.8 Å². The van der Waals surface area contributed by atoms with Crippen LogP contribution in [0.5, 0.6) is 0 Å². The van der Waals surface area contributed by atoms with Crippen molar-refractivity contribution in [2.75, 3.05) is 6.61 Å². The summed E-state index contributed by atoms with van der Waals surface area (Å²) in [6.07, 6.45) is 15.4. The second-order valence-electron chi connectivity index (χ2n) is 5.91.